The lowest BCUT2D eigenvalue weighted by molar-refractivity contribution is -0.144. The van der Waals surface area contributed by atoms with Gasteiger partial charge in [-0.05, 0) is 196 Å². The molecule has 3 amide bonds. The highest BCUT2D eigenvalue weighted by atomic mass is 19.4. The minimum absolute atomic E-state index is 0. The molecule has 2 N–H and O–H groups in total. The minimum Gasteiger partial charge on any atom is -0.493 e. The lowest BCUT2D eigenvalue weighted by Crippen LogP contribution is -2.58. The quantitative estimate of drug-likeness (QED) is 0.100. The molecule has 3 spiro atoms. The Morgan fingerprint density at radius 1 is 0.526 bits per heavy atom. The van der Waals surface area contributed by atoms with Gasteiger partial charge in [0.25, 0.3) is 17.7 Å². The number of methoxy groups -OCH3 is 2. The molecule has 0 radical (unpaired) electrons. The molecule has 3 saturated heterocycles. The van der Waals surface area contributed by atoms with Gasteiger partial charge in [-0.3, -0.25) is 19.3 Å². The van der Waals surface area contributed by atoms with E-state index >= 15 is 0 Å². The van der Waals surface area contributed by atoms with Crippen molar-refractivity contribution < 1.29 is 68.7 Å². The van der Waals surface area contributed by atoms with E-state index < -0.39 is 34.8 Å². The van der Waals surface area contributed by atoms with Crippen LogP contribution in [-0.4, -0.2) is 156 Å². The fourth-order valence-electron chi connectivity index (χ4n) is 14.7. The molecule has 95 heavy (non-hydrogen) atoms. The third-order valence-corrected chi connectivity index (χ3v) is 19.8. The second-order valence-electron chi connectivity index (χ2n) is 26.5. The molecular weight excluding hydrogens is 1230 g/mol. The van der Waals surface area contributed by atoms with E-state index in [9.17, 15) is 40.7 Å². The maximum absolute atomic E-state index is 13.4. The van der Waals surface area contributed by atoms with Gasteiger partial charge in [0, 0.05) is 136 Å². The smallest absolute Gasteiger partial charge is 0.431 e. The summed E-state index contributed by atoms with van der Waals surface area (Å²) in [5.74, 6) is 2.63. The number of alkyl halides is 6. The molecule has 6 aromatic rings. The number of piperidine rings is 3. The lowest BCUT2D eigenvalue weighted by atomic mass is 9.81. The first-order valence-corrected chi connectivity index (χ1v) is 33.4. The number of hydrogen-bond donors (Lipinski definition) is 2. The summed E-state index contributed by atoms with van der Waals surface area (Å²) >= 11 is 0. The number of nitrogens with one attached hydrogen (secondary N) is 2. The predicted octanol–water partition coefficient (Wildman–Crippen LogP) is 13.2. The molecule has 9 heterocycles. The molecule has 0 bridgehead atoms. The van der Waals surface area contributed by atoms with Gasteiger partial charge < -0.3 is 62.7 Å². The molecule has 0 saturated carbocycles. The molecule has 17 nitrogen and oxygen atoms in total. The second kappa shape index (κ2) is 29.1. The van der Waals surface area contributed by atoms with Crippen LogP contribution in [0.15, 0.2) is 97.2 Å². The topological polar surface area (TPSA) is 149 Å². The molecule has 3 aromatic heterocycles. The van der Waals surface area contributed by atoms with Crippen LogP contribution in [0, 0.1) is 13.8 Å². The van der Waals surface area contributed by atoms with Gasteiger partial charge in [0.1, 0.15) is 22.9 Å². The summed E-state index contributed by atoms with van der Waals surface area (Å²) in [6.45, 7) is 24.5. The van der Waals surface area contributed by atoms with Crippen molar-refractivity contribution in [3.8, 4) is 23.0 Å². The van der Waals surface area contributed by atoms with Gasteiger partial charge in [-0.25, -0.2) is 0 Å². The average Bonchev–Trinajstić information content (AvgIpc) is 1.47. The van der Waals surface area contributed by atoms with Crippen molar-refractivity contribution in [2.45, 2.75) is 167 Å². The summed E-state index contributed by atoms with van der Waals surface area (Å²) in [5, 5.41) is 6.89. The fourth-order valence-corrected chi connectivity index (χ4v) is 14.7. The number of benzene rings is 3. The number of fused-ring (bicyclic) bond motifs is 6. The highest BCUT2D eigenvalue weighted by Crippen LogP contribution is 2.45. The average molecular weight is 1330 g/mol. The van der Waals surface area contributed by atoms with Crippen molar-refractivity contribution >= 4 is 17.7 Å². The second-order valence-corrected chi connectivity index (χ2v) is 26.5. The van der Waals surface area contributed by atoms with Crippen molar-refractivity contribution in [2.24, 2.45) is 0 Å². The van der Waals surface area contributed by atoms with Crippen molar-refractivity contribution in [1.82, 2.24) is 43.9 Å². The molecule has 1 atom stereocenters. The van der Waals surface area contributed by atoms with E-state index in [1.54, 1.807) is 53.3 Å². The first-order chi connectivity index (χ1) is 45.2. The number of likely N-dealkylation sites (tertiary alicyclic amines) is 3. The number of nitrogens with zero attached hydrogens (tertiary/aromatic N) is 7. The number of hydrogen-bond acceptors (Lipinski definition) is 11. The molecule has 3 fully saturated rings. The van der Waals surface area contributed by atoms with Gasteiger partial charge in [-0.1, -0.05) is 6.92 Å². The van der Waals surface area contributed by atoms with Gasteiger partial charge in [0.15, 0.2) is 11.5 Å². The van der Waals surface area contributed by atoms with Crippen molar-refractivity contribution in [3.63, 3.8) is 0 Å². The predicted molar refractivity (Wildman–Crippen MR) is 357 cm³/mol. The first kappa shape index (κ1) is 70.3. The number of carbonyl (C=O) groups excluding carboxylic acids is 3. The largest absolute Gasteiger partial charge is 0.493 e. The third kappa shape index (κ3) is 15.1. The minimum atomic E-state index is -4.38. The molecule has 522 valence electrons. The Morgan fingerprint density at radius 2 is 0.968 bits per heavy atom. The summed E-state index contributed by atoms with van der Waals surface area (Å²) in [5.41, 5.74) is 4.16. The van der Waals surface area contributed by atoms with Crippen LogP contribution < -0.4 is 29.6 Å². The molecule has 0 aliphatic carbocycles. The molecule has 6 aliphatic heterocycles. The Balaban J connectivity index is 0.000000204. The van der Waals surface area contributed by atoms with Crippen molar-refractivity contribution in [3.05, 3.63) is 153 Å². The normalized spacial score (nSPS) is 18.5. The van der Waals surface area contributed by atoms with Crippen molar-refractivity contribution in [1.29, 1.82) is 0 Å². The highest BCUT2D eigenvalue weighted by molar-refractivity contribution is 5.96. The zero-order valence-corrected chi connectivity index (χ0v) is 56.5. The van der Waals surface area contributed by atoms with E-state index in [2.05, 4.69) is 38.4 Å². The Labute approximate surface area is 558 Å². The van der Waals surface area contributed by atoms with Crippen LogP contribution in [0.4, 0.5) is 26.3 Å². The van der Waals surface area contributed by atoms with Gasteiger partial charge in [0.05, 0.1) is 48.6 Å². The monoisotopic (exact) mass is 1330 g/mol. The summed E-state index contributed by atoms with van der Waals surface area (Å²) in [6, 6.07) is 26.3. The zero-order chi connectivity index (χ0) is 68.2. The van der Waals surface area contributed by atoms with E-state index in [0.717, 1.165) is 92.8 Å². The van der Waals surface area contributed by atoms with Crippen LogP contribution in [0.5, 0.6) is 23.0 Å². The van der Waals surface area contributed by atoms with E-state index in [1.165, 1.54) is 28.0 Å². The van der Waals surface area contributed by atoms with Crippen LogP contribution >= 0.6 is 0 Å². The van der Waals surface area contributed by atoms with Crippen LogP contribution in [0.3, 0.4) is 0 Å². The van der Waals surface area contributed by atoms with Crippen LogP contribution in [0.1, 0.15) is 161 Å². The van der Waals surface area contributed by atoms with E-state index in [0.29, 0.717) is 106 Å². The summed E-state index contributed by atoms with van der Waals surface area (Å²) in [7, 11) is 3.30. The van der Waals surface area contributed by atoms with Crippen LogP contribution in [-0.2, 0) is 53.3 Å². The first-order valence-electron chi connectivity index (χ1n) is 33.4. The number of halogens is 6. The number of aryl methyl sites for hydroxylation is 2. The zero-order valence-electron chi connectivity index (χ0n) is 56.5. The standard InChI is InChI=1S/C25H35N3O3.C24H30F3N3O3.C23H28F3N3O2.3H2/c1-19(2)31-22-8-7-21(18-20(22)3)24(29)27-12-9-25(10-13-27)23-6-5-11-26(23)14-15-28(25)16-17-30-4;1-4-16(2)33-18-6-5-17(15-19(18)32-3)22(31)29-12-9-23(10-13-29)20-7-8-21(24(25,26)27)30(20)14-11-28-23;1-15(2)31-18-5-4-17(14-16(18)3)21(30)28-11-8-22(9-12-28)19-6-7-20(23(24,25)26)29(19)13-10-27-22;;;/h5-8,11,18-19H,9-10,12-17H2,1-4H3;5-8,15-16,28H,4,9-14H2,1-3H3;4-7,14-15,27H,8-13H2,1-3H3;3*1H/t;16-;;;;/m.1..../s1. The Kier molecular flexibility index (Phi) is 21.5. The van der Waals surface area contributed by atoms with Gasteiger partial charge in [-0.15, -0.1) is 0 Å². The number of ether oxygens (including phenoxy) is 5. The Bertz CT molecular complexity index is 3660. The molecule has 3 aromatic carbocycles. The Morgan fingerprint density at radius 3 is 1.38 bits per heavy atom. The van der Waals surface area contributed by atoms with Crippen LogP contribution in [0.25, 0.3) is 0 Å². The van der Waals surface area contributed by atoms with Gasteiger partial charge in [-0.2, -0.15) is 26.3 Å². The van der Waals surface area contributed by atoms with E-state index in [1.807, 2.05) is 90.6 Å². The number of carbonyl (C=O) groups is 3. The summed E-state index contributed by atoms with van der Waals surface area (Å²) in [6.07, 6.45) is -1.37. The SMILES string of the molecule is CC[C@@H](C)Oc1ccc(C(=O)N2CCC3(CC2)NCCn2c(C(F)(F)F)ccc23)cc1OC.COCCN1CCn2cccc2C12CCN(C(=O)c1ccc(OC(C)C)c(C)c1)CC2.Cc1cc(C(=O)N2CCC3(CC2)NCCn2c(C(F)(F)F)ccc23)ccc1OC(C)C.[HH].[HH].[HH]. The Hall–Kier alpha value is -7.47. The van der Waals surface area contributed by atoms with Crippen molar-refractivity contribution in [2.75, 3.05) is 86.3 Å². The lowest BCUT2D eigenvalue weighted by Gasteiger charge is -2.52. The maximum atomic E-state index is 13.4. The highest BCUT2D eigenvalue weighted by Gasteiger charge is 2.48. The molecule has 12 rings (SSSR count). The van der Waals surface area contributed by atoms with Gasteiger partial charge in [0.2, 0.25) is 0 Å². The fraction of sp³-hybridized carbons (Fsp3) is 0.542. The van der Waals surface area contributed by atoms with E-state index in [-0.39, 0.29) is 52.4 Å². The number of amides is 3. The molecule has 23 heteroatoms. The molecular formula is C72H99F6N9O8. The maximum Gasteiger partial charge on any atom is 0.431 e. The molecule has 6 aliphatic rings. The van der Waals surface area contributed by atoms with Gasteiger partial charge >= 0.3 is 12.4 Å². The summed E-state index contributed by atoms with van der Waals surface area (Å²) in [4.78, 5) is 47.6. The van der Waals surface area contributed by atoms with E-state index in [4.69, 9.17) is 23.7 Å². The molecule has 0 unspecified atom stereocenters. The summed E-state index contributed by atoms with van der Waals surface area (Å²) < 4.78 is 114. The van der Waals surface area contributed by atoms with Crippen LogP contribution in [0.2, 0.25) is 0 Å². The number of rotatable bonds is 14. The third-order valence-electron chi connectivity index (χ3n) is 19.8. The number of aromatic nitrogens is 3.